The highest BCUT2D eigenvalue weighted by molar-refractivity contribution is 6.09. The van der Waals surface area contributed by atoms with E-state index in [1.165, 1.54) is 18.4 Å². The second kappa shape index (κ2) is 7.58. The Labute approximate surface area is 149 Å². The minimum atomic E-state index is -0.769. The molecule has 138 valence electrons. The second-order valence-electron chi connectivity index (χ2n) is 7.57. The summed E-state index contributed by atoms with van der Waals surface area (Å²) >= 11 is 0. The monoisotopic (exact) mass is 347 g/mol. The van der Waals surface area contributed by atoms with E-state index in [-0.39, 0.29) is 11.8 Å². The highest BCUT2D eigenvalue weighted by Crippen LogP contribution is 2.34. The summed E-state index contributed by atoms with van der Waals surface area (Å²) < 4.78 is 0. The number of carbonyl (C=O) groups excluding carboxylic acids is 3. The predicted octanol–water partition coefficient (Wildman–Crippen LogP) is 2.64. The van der Waals surface area contributed by atoms with Gasteiger partial charge in [-0.1, -0.05) is 30.9 Å². The van der Waals surface area contributed by atoms with Crippen LogP contribution in [0.4, 0.5) is 4.79 Å². The Kier molecular flexibility index (Phi) is 5.45. The first-order chi connectivity index (χ1) is 12.0. The molecule has 0 aromatic carbocycles. The molecular weight excluding hydrogens is 318 g/mol. The third-order valence-corrected chi connectivity index (χ3v) is 5.80. The normalized spacial score (nSPS) is 24.0. The topological polar surface area (TPSA) is 78.5 Å². The number of hydrogen-bond donors (Lipinski definition) is 2. The molecule has 0 aromatic rings. The maximum Gasteiger partial charge on any atom is 0.325 e. The van der Waals surface area contributed by atoms with E-state index in [1.807, 2.05) is 0 Å². The molecule has 0 unspecified atom stereocenters. The number of nitrogens with one attached hydrogen (secondary N) is 2. The predicted molar refractivity (Wildman–Crippen MR) is 94.8 cm³/mol. The van der Waals surface area contributed by atoms with Gasteiger partial charge in [0.25, 0.3) is 5.91 Å². The van der Waals surface area contributed by atoms with Crippen LogP contribution < -0.4 is 10.6 Å². The lowest BCUT2D eigenvalue weighted by molar-refractivity contribution is -0.138. The molecule has 0 aromatic heterocycles. The Morgan fingerprint density at radius 2 is 2.00 bits per heavy atom. The molecule has 1 saturated carbocycles. The summed E-state index contributed by atoms with van der Waals surface area (Å²) in [4.78, 5) is 38.7. The fourth-order valence-corrected chi connectivity index (χ4v) is 4.23. The van der Waals surface area contributed by atoms with Crippen molar-refractivity contribution in [1.82, 2.24) is 15.5 Å². The number of urea groups is 1. The van der Waals surface area contributed by atoms with Gasteiger partial charge in [0.15, 0.2) is 0 Å². The molecule has 3 aliphatic rings. The Morgan fingerprint density at radius 1 is 1.24 bits per heavy atom. The van der Waals surface area contributed by atoms with Crippen molar-refractivity contribution in [3.63, 3.8) is 0 Å². The molecule has 4 amide bonds. The van der Waals surface area contributed by atoms with Gasteiger partial charge in [-0.3, -0.25) is 9.59 Å². The summed E-state index contributed by atoms with van der Waals surface area (Å²) in [6.45, 7) is 2.19. The fraction of sp³-hybridized carbons (Fsp3) is 0.737. The highest BCUT2D eigenvalue weighted by Gasteiger charge is 2.53. The van der Waals surface area contributed by atoms with Crippen LogP contribution in [0.3, 0.4) is 0 Å². The van der Waals surface area contributed by atoms with Gasteiger partial charge in [-0.05, 0) is 51.9 Å². The van der Waals surface area contributed by atoms with Crippen LogP contribution in [0.5, 0.6) is 0 Å². The number of rotatable bonds is 5. The summed E-state index contributed by atoms with van der Waals surface area (Å²) in [5.74, 6) is -0.484. The zero-order chi connectivity index (χ0) is 17.9. The summed E-state index contributed by atoms with van der Waals surface area (Å²) in [5, 5.41) is 5.75. The summed E-state index contributed by atoms with van der Waals surface area (Å²) in [6, 6.07) is -1.20. The number of carbonyl (C=O) groups is 3. The molecule has 6 heteroatoms. The summed E-state index contributed by atoms with van der Waals surface area (Å²) in [6.07, 6.45) is 12.2. The number of amides is 4. The molecule has 25 heavy (non-hydrogen) atoms. The zero-order valence-electron chi connectivity index (χ0n) is 15.1. The van der Waals surface area contributed by atoms with Gasteiger partial charge >= 0.3 is 6.03 Å². The molecule has 1 heterocycles. The minimum Gasteiger partial charge on any atom is -0.354 e. The first kappa shape index (κ1) is 18.0. The van der Waals surface area contributed by atoms with Crippen LogP contribution in [0, 0.1) is 0 Å². The molecular formula is C19H29N3O3. The molecule has 2 N–H and O–H groups in total. The molecule has 2 aliphatic carbocycles. The fourth-order valence-electron chi connectivity index (χ4n) is 4.23. The Hall–Kier alpha value is -1.85. The molecule has 1 saturated heterocycles. The van der Waals surface area contributed by atoms with Gasteiger partial charge in [0.05, 0.1) is 0 Å². The Morgan fingerprint density at radius 3 is 2.68 bits per heavy atom. The third kappa shape index (κ3) is 3.72. The van der Waals surface area contributed by atoms with E-state index in [2.05, 4.69) is 16.7 Å². The quantitative estimate of drug-likeness (QED) is 0.593. The van der Waals surface area contributed by atoms with Gasteiger partial charge in [-0.15, -0.1) is 0 Å². The van der Waals surface area contributed by atoms with E-state index < -0.39 is 17.6 Å². The van der Waals surface area contributed by atoms with Crippen LogP contribution in [0.15, 0.2) is 11.6 Å². The van der Waals surface area contributed by atoms with Crippen LogP contribution in [-0.4, -0.2) is 40.9 Å². The van der Waals surface area contributed by atoms with Crippen molar-refractivity contribution in [3.8, 4) is 0 Å². The molecule has 3 rings (SSSR count). The number of imide groups is 1. The van der Waals surface area contributed by atoms with Gasteiger partial charge in [0.2, 0.25) is 5.91 Å². The summed E-state index contributed by atoms with van der Waals surface area (Å²) in [5.41, 5.74) is 0.631. The molecule has 0 bridgehead atoms. The Bertz CT molecular complexity index is 578. The smallest absolute Gasteiger partial charge is 0.325 e. The van der Waals surface area contributed by atoms with E-state index in [4.69, 9.17) is 0 Å². The van der Waals surface area contributed by atoms with Crippen molar-refractivity contribution < 1.29 is 14.4 Å². The van der Waals surface area contributed by atoms with Crippen LogP contribution in [0.2, 0.25) is 0 Å². The second-order valence-corrected chi connectivity index (χ2v) is 7.57. The first-order valence-corrected chi connectivity index (χ1v) is 9.65. The molecule has 0 radical (unpaired) electrons. The molecule has 1 aliphatic heterocycles. The number of allylic oxidation sites excluding steroid dienone is 1. The standard InChI is InChI=1S/C19H29N3O3/c1-14(16(23)20-13-10-15-8-4-2-5-9-15)22-17(24)19(21-18(22)25)11-6-3-7-12-19/h8,14H,2-7,9-13H2,1H3,(H,20,23)(H,21,25)/t14-/m1/s1. The lowest BCUT2D eigenvalue weighted by atomic mass is 9.81. The van der Waals surface area contributed by atoms with Gasteiger partial charge in [0, 0.05) is 6.54 Å². The largest absolute Gasteiger partial charge is 0.354 e. The van der Waals surface area contributed by atoms with E-state index in [0.717, 1.165) is 43.4 Å². The molecule has 1 spiro atoms. The van der Waals surface area contributed by atoms with Crippen LogP contribution in [-0.2, 0) is 9.59 Å². The minimum absolute atomic E-state index is 0.227. The van der Waals surface area contributed by atoms with Gasteiger partial charge < -0.3 is 10.6 Å². The molecule has 6 nitrogen and oxygen atoms in total. The number of nitrogens with zero attached hydrogens (tertiary/aromatic N) is 1. The zero-order valence-corrected chi connectivity index (χ0v) is 15.1. The lowest BCUT2D eigenvalue weighted by Crippen LogP contribution is -2.51. The average Bonchev–Trinajstić information content (AvgIpc) is 2.85. The van der Waals surface area contributed by atoms with E-state index in [9.17, 15) is 14.4 Å². The van der Waals surface area contributed by atoms with Crippen molar-refractivity contribution in [2.24, 2.45) is 0 Å². The van der Waals surface area contributed by atoms with Crippen LogP contribution in [0.1, 0.15) is 71.1 Å². The van der Waals surface area contributed by atoms with Crippen LogP contribution in [0.25, 0.3) is 0 Å². The number of hydrogen-bond acceptors (Lipinski definition) is 3. The van der Waals surface area contributed by atoms with E-state index in [0.29, 0.717) is 19.4 Å². The summed E-state index contributed by atoms with van der Waals surface area (Å²) in [7, 11) is 0. The first-order valence-electron chi connectivity index (χ1n) is 9.65. The van der Waals surface area contributed by atoms with Gasteiger partial charge in [-0.2, -0.15) is 0 Å². The highest BCUT2D eigenvalue weighted by atomic mass is 16.2. The SMILES string of the molecule is C[C@H](C(=O)NCCC1=CCCCC1)N1C(=O)NC2(CCCCC2)C1=O. The van der Waals surface area contributed by atoms with Crippen molar-refractivity contribution >= 4 is 17.8 Å². The van der Waals surface area contributed by atoms with Gasteiger partial charge in [0.1, 0.15) is 11.6 Å². The third-order valence-electron chi connectivity index (χ3n) is 5.80. The Balaban J connectivity index is 1.55. The van der Waals surface area contributed by atoms with E-state index in [1.54, 1.807) is 6.92 Å². The maximum absolute atomic E-state index is 12.8. The van der Waals surface area contributed by atoms with E-state index >= 15 is 0 Å². The lowest BCUT2D eigenvalue weighted by Gasteiger charge is -2.31. The van der Waals surface area contributed by atoms with Crippen molar-refractivity contribution in [2.75, 3.05) is 6.54 Å². The van der Waals surface area contributed by atoms with Crippen LogP contribution >= 0.6 is 0 Å². The average molecular weight is 347 g/mol. The molecule has 2 fully saturated rings. The van der Waals surface area contributed by atoms with Crippen molar-refractivity contribution in [1.29, 1.82) is 0 Å². The van der Waals surface area contributed by atoms with Gasteiger partial charge in [-0.25, -0.2) is 9.69 Å². The molecule has 1 atom stereocenters. The van der Waals surface area contributed by atoms with Crippen molar-refractivity contribution in [2.45, 2.75) is 82.7 Å². The maximum atomic E-state index is 12.8. The van der Waals surface area contributed by atoms with Crippen molar-refractivity contribution in [3.05, 3.63) is 11.6 Å².